The molecule has 130 valence electrons. The van der Waals surface area contributed by atoms with Crippen LogP contribution in [0.5, 0.6) is 0 Å². The van der Waals surface area contributed by atoms with E-state index in [0.717, 1.165) is 36.1 Å². The lowest BCUT2D eigenvalue weighted by molar-refractivity contribution is -0.132. The maximum atomic E-state index is 12.3. The number of benzene rings is 1. The number of hydrogen-bond donors (Lipinski definition) is 1. The van der Waals surface area contributed by atoms with Gasteiger partial charge in [0.15, 0.2) is 0 Å². The maximum Gasteiger partial charge on any atom is 0.244 e. The normalized spacial score (nSPS) is 14.0. The highest BCUT2D eigenvalue weighted by Gasteiger charge is 2.15. The first-order valence-electron chi connectivity index (χ1n) is 8.77. The summed E-state index contributed by atoms with van der Waals surface area (Å²) in [7, 11) is 0. The van der Waals surface area contributed by atoms with Gasteiger partial charge in [-0.1, -0.05) is 23.8 Å². The molecule has 0 heterocycles. The van der Waals surface area contributed by atoms with E-state index in [1.807, 2.05) is 32.0 Å². The van der Waals surface area contributed by atoms with Crippen LogP contribution >= 0.6 is 0 Å². The van der Waals surface area contributed by atoms with E-state index >= 15 is 0 Å². The van der Waals surface area contributed by atoms with E-state index in [2.05, 4.69) is 11.4 Å². The molecule has 0 saturated heterocycles. The van der Waals surface area contributed by atoms with Crippen LogP contribution in [-0.4, -0.2) is 29.8 Å². The SMILES string of the molecule is CC(=O)N(CCC1=CCCCC1)CC(=O)Nc1cccc(C)c1C. The van der Waals surface area contributed by atoms with Crippen molar-refractivity contribution in [2.75, 3.05) is 18.4 Å². The zero-order chi connectivity index (χ0) is 17.5. The van der Waals surface area contributed by atoms with Crippen molar-refractivity contribution in [1.29, 1.82) is 0 Å². The molecular weight excluding hydrogens is 300 g/mol. The van der Waals surface area contributed by atoms with Crippen molar-refractivity contribution in [3.8, 4) is 0 Å². The van der Waals surface area contributed by atoms with Gasteiger partial charge in [-0.3, -0.25) is 9.59 Å². The highest BCUT2D eigenvalue weighted by atomic mass is 16.2. The van der Waals surface area contributed by atoms with E-state index in [-0.39, 0.29) is 18.4 Å². The first-order chi connectivity index (χ1) is 11.5. The number of allylic oxidation sites excluding steroid dienone is 1. The third-order valence-electron chi connectivity index (χ3n) is 4.75. The zero-order valence-corrected chi connectivity index (χ0v) is 15.0. The molecular formula is C20H28N2O2. The van der Waals surface area contributed by atoms with Gasteiger partial charge in [-0.15, -0.1) is 0 Å². The number of aryl methyl sites for hydroxylation is 1. The zero-order valence-electron chi connectivity index (χ0n) is 15.0. The van der Waals surface area contributed by atoms with Gasteiger partial charge >= 0.3 is 0 Å². The average Bonchev–Trinajstić information content (AvgIpc) is 2.56. The van der Waals surface area contributed by atoms with Gasteiger partial charge in [0.05, 0.1) is 6.54 Å². The molecule has 0 fully saturated rings. The fourth-order valence-electron chi connectivity index (χ4n) is 3.01. The molecule has 1 aliphatic rings. The number of carbonyl (C=O) groups is 2. The topological polar surface area (TPSA) is 49.4 Å². The molecule has 0 bridgehead atoms. The molecule has 0 spiro atoms. The second kappa shape index (κ2) is 8.67. The monoisotopic (exact) mass is 328 g/mol. The van der Waals surface area contributed by atoms with Crippen LogP contribution in [0.15, 0.2) is 29.8 Å². The molecule has 1 aliphatic carbocycles. The molecule has 0 saturated carbocycles. The summed E-state index contributed by atoms with van der Waals surface area (Å²) in [5.41, 5.74) is 4.44. The second-order valence-corrected chi connectivity index (χ2v) is 6.59. The van der Waals surface area contributed by atoms with Crippen LogP contribution < -0.4 is 5.32 Å². The molecule has 0 atom stereocenters. The quantitative estimate of drug-likeness (QED) is 0.803. The van der Waals surface area contributed by atoms with Crippen LogP contribution in [0.2, 0.25) is 0 Å². The van der Waals surface area contributed by atoms with Crippen molar-refractivity contribution in [3.63, 3.8) is 0 Å². The first kappa shape index (κ1) is 18.2. The van der Waals surface area contributed by atoms with Crippen LogP contribution in [0.1, 0.15) is 50.2 Å². The minimum atomic E-state index is -0.142. The second-order valence-electron chi connectivity index (χ2n) is 6.59. The van der Waals surface area contributed by atoms with Crippen LogP contribution in [0.25, 0.3) is 0 Å². The highest BCUT2D eigenvalue weighted by molar-refractivity contribution is 5.95. The minimum Gasteiger partial charge on any atom is -0.333 e. The van der Waals surface area contributed by atoms with E-state index < -0.39 is 0 Å². The van der Waals surface area contributed by atoms with Crippen LogP contribution in [0.4, 0.5) is 5.69 Å². The van der Waals surface area contributed by atoms with Gasteiger partial charge in [0, 0.05) is 19.2 Å². The molecule has 4 nitrogen and oxygen atoms in total. The van der Waals surface area contributed by atoms with E-state index in [4.69, 9.17) is 0 Å². The lowest BCUT2D eigenvalue weighted by Gasteiger charge is -2.22. The number of rotatable bonds is 6. The number of nitrogens with one attached hydrogen (secondary N) is 1. The molecule has 24 heavy (non-hydrogen) atoms. The summed E-state index contributed by atoms with van der Waals surface area (Å²) in [6, 6.07) is 5.84. The Hall–Kier alpha value is -2.10. The molecule has 1 aromatic carbocycles. The molecule has 4 heteroatoms. The fourth-order valence-corrected chi connectivity index (χ4v) is 3.01. The van der Waals surface area contributed by atoms with Gasteiger partial charge in [-0.25, -0.2) is 0 Å². The molecule has 1 aromatic rings. The predicted molar refractivity (Wildman–Crippen MR) is 98.0 cm³/mol. The van der Waals surface area contributed by atoms with Gasteiger partial charge in [0.25, 0.3) is 0 Å². The Kier molecular flexibility index (Phi) is 6.59. The van der Waals surface area contributed by atoms with Crippen molar-refractivity contribution in [2.24, 2.45) is 0 Å². The highest BCUT2D eigenvalue weighted by Crippen LogP contribution is 2.21. The van der Waals surface area contributed by atoms with Crippen molar-refractivity contribution in [1.82, 2.24) is 4.90 Å². The number of carbonyl (C=O) groups excluding carboxylic acids is 2. The summed E-state index contributed by atoms with van der Waals surface area (Å²) in [4.78, 5) is 25.8. The fraction of sp³-hybridized carbons (Fsp3) is 0.500. The van der Waals surface area contributed by atoms with Gasteiger partial charge in [0.2, 0.25) is 11.8 Å². The van der Waals surface area contributed by atoms with E-state index in [0.29, 0.717) is 6.54 Å². The smallest absolute Gasteiger partial charge is 0.244 e. The average molecular weight is 328 g/mol. The summed E-state index contributed by atoms with van der Waals surface area (Å²) in [6.45, 7) is 6.26. The van der Waals surface area contributed by atoms with E-state index in [1.54, 1.807) is 4.90 Å². The number of amides is 2. The van der Waals surface area contributed by atoms with Crippen LogP contribution in [-0.2, 0) is 9.59 Å². The molecule has 0 aliphatic heterocycles. The molecule has 0 unspecified atom stereocenters. The Labute approximate surface area is 144 Å². The lowest BCUT2D eigenvalue weighted by atomic mass is 9.97. The summed E-state index contributed by atoms with van der Waals surface area (Å²) in [6.07, 6.45) is 7.93. The predicted octanol–water partition coefficient (Wildman–Crippen LogP) is 3.98. The molecule has 2 rings (SSSR count). The van der Waals surface area contributed by atoms with Crippen molar-refractivity contribution >= 4 is 17.5 Å². The number of anilines is 1. The van der Waals surface area contributed by atoms with Gasteiger partial charge in [-0.05, 0) is 63.1 Å². The van der Waals surface area contributed by atoms with Crippen molar-refractivity contribution < 1.29 is 9.59 Å². The number of nitrogens with zero attached hydrogens (tertiary/aromatic N) is 1. The Morgan fingerprint density at radius 1 is 1.21 bits per heavy atom. The third-order valence-corrected chi connectivity index (χ3v) is 4.75. The van der Waals surface area contributed by atoms with Crippen molar-refractivity contribution in [3.05, 3.63) is 41.0 Å². The molecule has 2 amide bonds. The van der Waals surface area contributed by atoms with Gasteiger partial charge < -0.3 is 10.2 Å². The maximum absolute atomic E-state index is 12.3. The number of hydrogen-bond acceptors (Lipinski definition) is 2. The summed E-state index contributed by atoms with van der Waals surface area (Å²) in [5, 5.41) is 2.93. The molecule has 0 aromatic heterocycles. The minimum absolute atomic E-state index is 0.0532. The first-order valence-corrected chi connectivity index (χ1v) is 8.77. The Balaban J connectivity index is 1.91. The van der Waals surface area contributed by atoms with E-state index in [9.17, 15) is 9.59 Å². The Morgan fingerprint density at radius 2 is 2.00 bits per heavy atom. The van der Waals surface area contributed by atoms with Gasteiger partial charge in [-0.2, -0.15) is 0 Å². The standard InChI is InChI=1S/C20H28N2O2/c1-15-8-7-11-19(16(15)2)21-20(24)14-22(17(3)23)13-12-18-9-5-4-6-10-18/h7-9,11H,4-6,10,12-14H2,1-3H3,(H,21,24). The molecule has 1 N–H and O–H groups in total. The summed E-state index contributed by atoms with van der Waals surface area (Å²) < 4.78 is 0. The van der Waals surface area contributed by atoms with Crippen LogP contribution in [0.3, 0.4) is 0 Å². The largest absolute Gasteiger partial charge is 0.333 e. The van der Waals surface area contributed by atoms with Crippen molar-refractivity contribution in [2.45, 2.75) is 52.9 Å². The van der Waals surface area contributed by atoms with Crippen LogP contribution in [0, 0.1) is 13.8 Å². The summed E-state index contributed by atoms with van der Waals surface area (Å²) >= 11 is 0. The van der Waals surface area contributed by atoms with E-state index in [1.165, 1.54) is 25.3 Å². The molecule has 0 radical (unpaired) electrons. The summed E-state index contributed by atoms with van der Waals surface area (Å²) in [5.74, 6) is -0.195. The lowest BCUT2D eigenvalue weighted by Crippen LogP contribution is -2.37. The third kappa shape index (κ3) is 5.22. The Morgan fingerprint density at radius 3 is 2.67 bits per heavy atom. The Bertz CT molecular complexity index is 635. The van der Waals surface area contributed by atoms with Gasteiger partial charge in [0.1, 0.15) is 0 Å².